The van der Waals surface area contributed by atoms with Crippen LogP contribution in [-0.4, -0.2) is 7.11 Å². The molecule has 1 atom stereocenters. The van der Waals surface area contributed by atoms with Gasteiger partial charge in [0.2, 0.25) is 0 Å². The molecule has 5 heteroatoms. The summed E-state index contributed by atoms with van der Waals surface area (Å²) in [6.45, 7) is 20.2. The number of hydrogen-bond acceptors (Lipinski definition) is 1. The number of benzene rings is 2. The summed E-state index contributed by atoms with van der Waals surface area (Å²) in [5.41, 5.74) is 4.10. The molecule has 0 unspecified atom stereocenters. The molecule has 0 aromatic heterocycles. The van der Waals surface area contributed by atoms with Gasteiger partial charge in [0.05, 0.1) is 6.10 Å². The summed E-state index contributed by atoms with van der Waals surface area (Å²) in [6, 6.07) is 19.3. The van der Waals surface area contributed by atoms with Crippen molar-refractivity contribution in [3.63, 3.8) is 0 Å². The molecule has 0 aliphatic rings. The Morgan fingerprint density at radius 2 is 1.26 bits per heavy atom. The zero-order chi connectivity index (χ0) is 20.6. The minimum absolute atomic E-state index is 0. The average molecular weight is 404 g/mol. The van der Waals surface area contributed by atoms with Gasteiger partial charge in [0, 0.05) is 30.9 Å². The predicted octanol–water partition coefficient (Wildman–Crippen LogP) is 4.80. The first-order valence-corrected chi connectivity index (χ1v) is 7.79. The van der Waals surface area contributed by atoms with Crippen molar-refractivity contribution in [2.45, 2.75) is 38.7 Å². The molecule has 0 radical (unpaired) electrons. The van der Waals surface area contributed by atoms with E-state index >= 15 is 0 Å². The van der Waals surface area contributed by atoms with E-state index in [1.165, 1.54) is 16.7 Å². The molecule has 2 aromatic rings. The summed E-state index contributed by atoms with van der Waals surface area (Å²) in [5.74, 6) is 0. The Bertz CT molecular complexity index is 638. The number of ether oxygens (including phenoxy) is 1. The zero-order valence-electron chi connectivity index (χ0n) is 16.0. The van der Waals surface area contributed by atoms with Gasteiger partial charge in [-0.25, -0.2) is 0 Å². The van der Waals surface area contributed by atoms with E-state index in [4.69, 9.17) is 18.7 Å². The maximum absolute atomic E-state index is 7.50. The maximum Gasteiger partial charge on any atom is 0 e. The third-order valence-corrected chi connectivity index (χ3v) is 3.70. The summed E-state index contributed by atoms with van der Waals surface area (Å²) in [7, 11) is 1.78. The molecule has 0 saturated carbocycles. The van der Waals surface area contributed by atoms with Crippen LogP contribution < -0.4 is 0 Å². The zero-order valence-corrected chi connectivity index (χ0v) is 17.3. The van der Waals surface area contributed by atoms with Gasteiger partial charge in [0.1, 0.15) is 0 Å². The van der Waals surface area contributed by atoms with Crippen LogP contribution in [0.3, 0.4) is 0 Å². The van der Waals surface area contributed by atoms with E-state index < -0.39 is 0 Å². The fourth-order valence-electron chi connectivity index (χ4n) is 2.36. The van der Waals surface area contributed by atoms with Crippen LogP contribution in [0.5, 0.6) is 0 Å². The van der Waals surface area contributed by atoms with Crippen molar-refractivity contribution in [1.29, 1.82) is 0 Å². The van der Waals surface area contributed by atoms with Gasteiger partial charge in [-0.1, -0.05) is 75.4 Å². The minimum atomic E-state index is 0. The quantitative estimate of drug-likeness (QED) is 0.533. The van der Waals surface area contributed by atoms with E-state index in [9.17, 15) is 0 Å². The van der Waals surface area contributed by atoms with E-state index in [2.05, 4.69) is 89.3 Å². The summed E-state index contributed by atoms with van der Waals surface area (Å²) < 4.78 is 28.2. The normalized spacial score (nSPS) is 10.0. The summed E-state index contributed by atoms with van der Waals surface area (Å²) in [4.78, 5) is 0. The third kappa shape index (κ3) is 11.5. The van der Waals surface area contributed by atoms with E-state index in [-0.39, 0.29) is 28.9 Å². The Morgan fingerprint density at radius 3 is 1.63 bits per heavy atom. The van der Waals surface area contributed by atoms with Crippen molar-refractivity contribution in [3.05, 3.63) is 91.2 Å². The van der Waals surface area contributed by atoms with Crippen LogP contribution in [0.15, 0.2) is 54.6 Å². The molecule has 0 aliphatic carbocycles. The van der Waals surface area contributed by atoms with Gasteiger partial charge in [-0.15, -0.1) is 0 Å². The Balaban J connectivity index is -0.000000749. The Kier molecular flexibility index (Phi) is 19.4. The first-order valence-electron chi connectivity index (χ1n) is 7.79. The molecule has 0 heterocycles. The average Bonchev–Trinajstić information content (AvgIpc) is 2.71. The smallest absolute Gasteiger partial charge is 0 e. The Labute approximate surface area is 173 Å². The number of rotatable bonds is 4. The van der Waals surface area contributed by atoms with Gasteiger partial charge < -0.3 is 4.74 Å². The largest absolute Gasteiger partial charge is 0 e. The van der Waals surface area contributed by atoms with Crippen molar-refractivity contribution in [3.8, 4) is 0 Å². The van der Waals surface area contributed by atoms with Crippen LogP contribution in [0.1, 0.15) is 43.6 Å². The Hall–Kier alpha value is -1.85. The second-order valence-electron chi connectivity index (χ2n) is 6.29. The van der Waals surface area contributed by atoms with Crippen LogP contribution in [0.4, 0.5) is 0 Å². The van der Waals surface area contributed by atoms with Crippen molar-refractivity contribution in [1.82, 2.24) is 0 Å². The minimum Gasteiger partial charge on any atom is 0 e. The number of hydrogen-bond donors (Lipinski definition) is 0. The van der Waals surface area contributed by atoms with Crippen LogP contribution in [-0.2, 0) is 47.9 Å². The molecule has 0 bridgehead atoms. The molecule has 0 aliphatic heterocycles. The summed E-state index contributed by atoms with van der Waals surface area (Å²) in [6.07, 6.45) is 1.03. The van der Waals surface area contributed by atoms with Crippen LogP contribution in [0, 0.1) is 20.0 Å². The molecule has 142 valence electrons. The standard InChI is InChI=1S/C19H24O.3CO.Cr/c1-19(2,3)17-12-10-16(11-13-17)18(20-4)14-15-8-6-5-7-9-15;3*1-2;/h5-13,18H,14H2,1-4H3;;;;/t18-;;;;/m1..../s1. The summed E-state index contributed by atoms with van der Waals surface area (Å²) >= 11 is 0. The third-order valence-electron chi connectivity index (χ3n) is 3.70. The van der Waals surface area contributed by atoms with E-state index in [0.29, 0.717) is 0 Å². The van der Waals surface area contributed by atoms with Crippen molar-refractivity contribution < 1.29 is 36.1 Å². The molecule has 2 rings (SSSR count). The fraction of sp³-hybridized carbons (Fsp3) is 0.318. The van der Waals surface area contributed by atoms with Gasteiger partial charge in [0.25, 0.3) is 0 Å². The van der Waals surface area contributed by atoms with Crippen molar-refractivity contribution in [2.75, 3.05) is 7.11 Å². The molecule has 4 nitrogen and oxygen atoms in total. The van der Waals surface area contributed by atoms with E-state index in [1.54, 1.807) is 7.11 Å². The van der Waals surface area contributed by atoms with E-state index in [0.717, 1.165) is 6.42 Å². The second kappa shape index (κ2) is 17.6. The predicted molar refractivity (Wildman–Crippen MR) is 96.8 cm³/mol. The molecule has 2 aromatic carbocycles. The van der Waals surface area contributed by atoms with Gasteiger partial charge >= 0.3 is 33.9 Å². The van der Waals surface area contributed by atoms with Gasteiger partial charge in [-0.2, -0.15) is 0 Å². The topological polar surface area (TPSA) is 68.9 Å². The molecule has 0 fully saturated rings. The first-order chi connectivity index (χ1) is 12.5. The molecule has 27 heavy (non-hydrogen) atoms. The van der Waals surface area contributed by atoms with E-state index in [1.807, 2.05) is 6.07 Å². The Morgan fingerprint density at radius 1 is 0.815 bits per heavy atom. The fourth-order valence-corrected chi connectivity index (χ4v) is 2.36. The monoisotopic (exact) mass is 404 g/mol. The first kappa shape index (κ1) is 29.9. The second-order valence-corrected chi connectivity index (χ2v) is 6.29. The molecule has 0 saturated heterocycles. The number of methoxy groups -OCH3 is 1. The van der Waals surface area contributed by atoms with Gasteiger partial charge in [0.15, 0.2) is 0 Å². The molecular formula is C22H24CrO4. The molecule has 0 N–H and O–H groups in total. The molecule has 0 amide bonds. The van der Waals surface area contributed by atoms with Crippen LogP contribution in [0.25, 0.3) is 0 Å². The van der Waals surface area contributed by atoms with Crippen LogP contribution >= 0.6 is 0 Å². The molecule has 0 spiro atoms. The van der Waals surface area contributed by atoms with Crippen LogP contribution in [0.2, 0.25) is 0 Å². The molecular weight excluding hydrogens is 380 g/mol. The van der Waals surface area contributed by atoms with Crippen molar-refractivity contribution >= 4 is 0 Å². The van der Waals surface area contributed by atoms with Crippen molar-refractivity contribution in [2.24, 2.45) is 0 Å². The maximum atomic E-state index is 7.50. The summed E-state index contributed by atoms with van der Waals surface area (Å²) in [5, 5.41) is 0. The van der Waals surface area contributed by atoms with Gasteiger partial charge in [-0.3, -0.25) is 0 Å². The van der Waals surface area contributed by atoms with Gasteiger partial charge in [-0.05, 0) is 22.1 Å². The SMILES string of the molecule is CO[C@H](Cc1ccccc1)c1ccc(C(C)(C)C)cc1.[C-]#[O+].[C-]#[O+].[C-]#[O+].[Cr].